The Bertz CT molecular complexity index is 857. The van der Waals surface area contributed by atoms with Gasteiger partial charge < -0.3 is 0 Å². The van der Waals surface area contributed by atoms with E-state index in [1.54, 1.807) is 0 Å². The minimum Gasteiger partial charge on any atom is -0.218 e. The summed E-state index contributed by atoms with van der Waals surface area (Å²) in [5.41, 5.74) is -11.9. The van der Waals surface area contributed by atoms with E-state index >= 15 is 0 Å². The first-order chi connectivity index (χ1) is 12.5. The van der Waals surface area contributed by atoms with E-state index in [-0.39, 0.29) is 17.2 Å². The first-order valence-corrected chi connectivity index (χ1v) is 7.62. The first kappa shape index (κ1) is 22.0. The molecule has 0 saturated heterocycles. The third-order valence-electron chi connectivity index (χ3n) is 4.13. The molecule has 10 heteroatoms. The van der Waals surface area contributed by atoms with Gasteiger partial charge in [-0.25, -0.2) is 4.39 Å². The van der Waals surface area contributed by atoms with Gasteiger partial charge in [0.05, 0.1) is 5.56 Å². The molecule has 0 unspecified atom stereocenters. The van der Waals surface area contributed by atoms with Crippen LogP contribution < -0.4 is 0 Å². The predicted octanol–water partition coefficient (Wildman–Crippen LogP) is 7.28. The number of aryl methyl sites for hydroxylation is 2. The summed E-state index contributed by atoms with van der Waals surface area (Å²) >= 11 is 0. The van der Waals surface area contributed by atoms with Gasteiger partial charge in [-0.3, -0.25) is 0 Å². The van der Waals surface area contributed by atoms with Crippen molar-refractivity contribution in [3.05, 3.63) is 58.7 Å². The molecular weight excluding hydrogens is 406 g/mol. The fourth-order valence-corrected chi connectivity index (χ4v) is 3.01. The second kappa shape index (κ2) is 6.66. The number of hydrogen-bond donors (Lipinski definition) is 0. The van der Waals surface area contributed by atoms with Crippen molar-refractivity contribution in [1.82, 2.24) is 0 Å². The summed E-state index contributed by atoms with van der Waals surface area (Å²) < 4.78 is 134. The van der Waals surface area contributed by atoms with Gasteiger partial charge in [0.1, 0.15) is 0 Å². The molecule has 0 fully saturated rings. The monoisotopic (exact) mass is 418 g/mol. The summed E-state index contributed by atoms with van der Waals surface area (Å²) in [7, 11) is 0. The summed E-state index contributed by atoms with van der Waals surface area (Å²) in [6.07, 6.45) is -18.0. The van der Waals surface area contributed by atoms with Crippen LogP contribution in [-0.2, 0) is 11.8 Å². The topological polar surface area (TPSA) is 0 Å². The maximum absolute atomic E-state index is 14.7. The van der Waals surface area contributed by atoms with Gasteiger partial charge in [-0.15, -0.1) is 0 Å². The van der Waals surface area contributed by atoms with Gasteiger partial charge in [0.15, 0.2) is 0 Å². The molecule has 0 atom stereocenters. The van der Waals surface area contributed by atoms with E-state index in [1.165, 1.54) is 0 Å². The predicted molar refractivity (Wildman–Crippen MR) is 81.3 cm³/mol. The molecule has 0 heterocycles. The van der Waals surface area contributed by atoms with Crippen molar-refractivity contribution in [3.8, 4) is 11.1 Å². The van der Waals surface area contributed by atoms with Gasteiger partial charge in [-0.2, -0.15) is 39.5 Å². The van der Waals surface area contributed by atoms with E-state index in [4.69, 9.17) is 0 Å². The van der Waals surface area contributed by atoms with Crippen molar-refractivity contribution < 1.29 is 43.9 Å². The Kier molecular flexibility index (Phi) is 5.24. The minimum atomic E-state index is -6.45. The third kappa shape index (κ3) is 3.56. The summed E-state index contributed by atoms with van der Waals surface area (Å²) in [6, 6.07) is 4.49. The lowest BCUT2D eigenvalue weighted by molar-refractivity contribution is -0.348. The van der Waals surface area contributed by atoms with Crippen molar-refractivity contribution in [3.63, 3.8) is 0 Å². The summed E-state index contributed by atoms with van der Waals surface area (Å²) in [5, 5.41) is 0. The van der Waals surface area contributed by atoms with Gasteiger partial charge >= 0.3 is 24.2 Å². The number of halogens is 10. The van der Waals surface area contributed by atoms with Crippen LogP contribution in [0.4, 0.5) is 43.9 Å². The standard InChI is InChI=1S/C18H12F10/c1-9-7-10(2)14(11-5-3-4-6-12(11)16(20,21)22)13(8-9)15(19,17(23,24)25)18(26,27)28/h3-8H,1-2H3. The van der Waals surface area contributed by atoms with Gasteiger partial charge in [0.25, 0.3) is 0 Å². The zero-order chi connectivity index (χ0) is 21.7. The van der Waals surface area contributed by atoms with Crippen molar-refractivity contribution in [2.75, 3.05) is 0 Å². The van der Waals surface area contributed by atoms with Crippen LogP contribution in [0.5, 0.6) is 0 Å². The Labute approximate surface area is 152 Å². The molecule has 0 aliphatic carbocycles. The molecular formula is C18H12F10. The average Bonchev–Trinajstić information content (AvgIpc) is 2.50. The average molecular weight is 418 g/mol. The highest BCUT2D eigenvalue weighted by Gasteiger charge is 2.74. The quantitative estimate of drug-likeness (QED) is 0.450. The van der Waals surface area contributed by atoms with Gasteiger partial charge in [0.2, 0.25) is 0 Å². The molecule has 2 rings (SSSR count). The minimum absolute atomic E-state index is 0.170. The molecule has 2 aromatic rings. The van der Waals surface area contributed by atoms with Crippen LogP contribution in [0.1, 0.15) is 22.3 Å². The van der Waals surface area contributed by atoms with Crippen LogP contribution >= 0.6 is 0 Å². The van der Waals surface area contributed by atoms with E-state index in [9.17, 15) is 43.9 Å². The second-order valence-corrected chi connectivity index (χ2v) is 6.20. The van der Waals surface area contributed by atoms with Gasteiger partial charge in [0, 0.05) is 5.56 Å². The lowest BCUT2D eigenvalue weighted by atomic mass is 9.82. The van der Waals surface area contributed by atoms with Crippen LogP contribution in [0.15, 0.2) is 36.4 Å². The highest BCUT2D eigenvalue weighted by molar-refractivity contribution is 5.76. The molecule has 0 amide bonds. The molecule has 0 aromatic heterocycles. The van der Waals surface area contributed by atoms with Crippen molar-refractivity contribution >= 4 is 0 Å². The molecule has 0 nitrogen and oxygen atoms in total. The Hall–Kier alpha value is -2.26. The maximum atomic E-state index is 14.7. The Morgan fingerprint density at radius 2 is 1.14 bits per heavy atom. The van der Waals surface area contributed by atoms with E-state index in [2.05, 4.69) is 0 Å². The highest BCUT2D eigenvalue weighted by atomic mass is 19.4. The SMILES string of the molecule is Cc1cc(C)c(-c2ccccc2C(F)(F)F)c(C(F)(C(F)(F)F)C(F)(F)F)c1. The molecule has 0 saturated carbocycles. The van der Waals surface area contributed by atoms with Crippen LogP contribution in [-0.4, -0.2) is 12.4 Å². The van der Waals surface area contributed by atoms with Crippen LogP contribution in [0.3, 0.4) is 0 Å². The van der Waals surface area contributed by atoms with Crippen molar-refractivity contribution in [2.45, 2.75) is 38.0 Å². The van der Waals surface area contributed by atoms with Crippen LogP contribution in [0.25, 0.3) is 11.1 Å². The number of rotatable bonds is 2. The second-order valence-electron chi connectivity index (χ2n) is 6.20. The molecule has 2 aromatic carbocycles. The number of alkyl halides is 10. The largest absolute Gasteiger partial charge is 0.435 e. The van der Waals surface area contributed by atoms with Crippen LogP contribution in [0, 0.1) is 13.8 Å². The third-order valence-corrected chi connectivity index (χ3v) is 4.13. The summed E-state index contributed by atoms with van der Waals surface area (Å²) in [6.45, 7) is 2.13. The Balaban J connectivity index is 3.03. The molecule has 154 valence electrons. The number of hydrogen-bond acceptors (Lipinski definition) is 0. The van der Waals surface area contributed by atoms with Crippen molar-refractivity contribution in [1.29, 1.82) is 0 Å². The molecule has 0 spiro atoms. The van der Waals surface area contributed by atoms with E-state index in [1.807, 2.05) is 0 Å². The van der Waals surface area contributed by atoms with E-state index < -0.39 is 46.5 Å². The summed E-state index contributed by atoms with van der Waals surface area (Å²) in [4.78, 5) is 0. The van der Waals surface area contributed by atoms with E-state index in [0.717, 1.165) is 32.0 Å². The molecule has 28 heavy (non-hydrogen) atoms. The fraction of sp³-hybridized carbons (Fsp3) is 0.333. The van der Waals surface area contributed by atoms with Gasteiger partial charge in [-0.1, -0.05) is 35.9 Å². The number of benzene rings is 2. The first-order valence-electron chi connectivity index (χ1n) is 7.62. The lowest BCUT2D eigenvalue weighted by Crippen LogP contribution is -2.50. The molecule has 0 aliphatic rings. The zero-order valence-electron chi connectivity index (χ0n) is 14.2. The molecule has 0 radical (unpaired) electrons. The molecule has 0 aliphatic heterocycles. The van der Waals surface area contributed by atoms with E-state index in [0.29, 0.717) is 12.1 Å². The molecule has 0 N–H and O–H groups in total. The molecule has 0 bridgehead atoms. The van der Waals surface area contributed by atoms with Crippen LogP contribution in [0.2, 0.25) is 0 Å². The smallest absolute Gasteiger partial charge is 0.218 e. The lowest BCUT2D eigenvalue weighted by Gasteiger charge is -2.33. The van der Waals surface area contributed by atoms with Crippen molar-refractivity contribution in [2.24, 2.45) is 0 Å². The Morgan fingerprint density at radius 3 is 1.61 bits per heavy atom. The Morgan fingerprint density at radius 1 is 0.643 bits per heavy atom. The van der Waals surface area contributed by atoms with Gasteiger partial charge in [-0.05, 0) is 36.6 Å². The zero-order valence-corrected chi connectivity index (χ0v) is 14.2. The normalized spacial score (nSPS) is 13.7. The maximum Gasteiger partial charge on any atom is 0.435 e. The summed E-state index contributed by atoms with van der Waals surface area (Å²) in [5.74, 6) is 0. The highest BCUT2D eigenvalue weighted by Crippen LogP contribution is 2.56. The fourth-order valence-electron chi connectivity index (χ4n) is 3.01.